The van der Waals surface area contributed by atoms with Gasteiger partial charge in [0.1, 0.15) is 6.61 Å². The maximum atomic E-state index is 11.6. The van der Waals surface area contributed by atoms with Gasteiger partial charge in [-0.15, -0.1) is 0 Å². The predicted octanol–water partition coefficient (Wildman–Crippen LogP) is 2.48. The fourth-order valence-corrected chi connectivity index (χ4v) is 2.87. The normalized spacial score (nSPS) is 12.6. The van der Waals surface area contributed by atoms with Gasteiger partial charge in [0.2, 0.25) is 0 Å². The van der Waals surface area contributed by atoms with Gasteiger partial charge in [-0.05, 0) is 22.3 Å². The van der Waals surface area contributed by atoms with Crippen molar-refractivity contribution < 1.29 is 9.53 Å². The van der Waals surface area contributed by atoms with Gasteiger partial charge in [-0.1, -0.05) is 48.5 Å². The zero-order valence-electron chi connectivity index (χ0n) is 11.7. The highest BCUT2D eigenvalue weighted by molar-refractivity contribution is 5.79. The van der Waals surface area contributed by atoms with Gasteiger partial charge < -0.3 is 15.8 Å². The molecule has 2 aromatic carbocycles. The lowest BCUT2D eigenvalue weighted by Gasteiger charge is -2.14. The van der Waals surface area contributed by atoms with Crippen molar-refractivity contribution >= 4 is 6.09 Å². The number of hydrogen-bond acceptors (Lipinski definition) is 3. The van der Waals surface area contributed by atoms with Gasteiger partial charge >= 0.3 is 6.09 Å². The lowest BCUT2D eigenvalue weighted by molar-refractivity contribution is 0.149. The second-order valence-electron chi connectivity index (χ2n) is 5.03. The number of nitrogens with two attached hydrogens (primary N) is 1. The zero-order chi connectivity index (χ0) is 14.7. The number of benzene rings is 2. The number of nitrogens with one attached hydrogen (secondary N) is 1. The maximum Gasteiger partial charge on any atom is 0.407 e. The Bertz CT molecular complexity index is 609. The van der Waals surface area contributed by atoms with Gasteiger partial charge in [-0.25, -0.2) is 4.79 Å². The van der Waals surface area contributed by atoms with Crippen molar-refractivity contribution in [2.24, 2.45) is 5.73 Å². The number of amides is 1. The number of carbonyl (C=O) groups is 1. The molecular formula is C17H18N2O2. The lowest BCUT2D eigenvalue weighted by atomic mass is 9.97. The van der Waals surface area contributed by atoms with E-state index in [-0.39, 0.29) is 12.5 Å². The van der Waals surface area contributed by atoms with Gasteiger partial charge in [-0.3, -0.25) is 0 Å². The highest BCUT2D eigenvalue weighted by atomic mass is 16.5. The van der Waals surface area contributed by atoms with E-state index in [1.54, 1.807) is 0 Å². The summed E-state index contributed by atoms with van der Waals surface area (Å²) in [5.41, 5.74) is 10.3. The summed E-state index contributed by atoms with van der Waals surface area (Å²) >= 11 is 0. The third-order valence-electron chi connectivity index (χ3n) is 3.76. The molecule has 0 saturated carbocycles. The van der Waals surface area contributed by atoms with E-state index in [1.807, 2.05) is 24.3 Å². The van der Waals surface area contributed by atoms with E-state index < -0.39 is 6.09 Å². The van der Waals surface area contributed by atoms with Crippen LogP contribution in [0.25, 0.3) is 11.1 Å². The SMILES string of the molecule is NCCOC(=O)NCC1c2ccccc2-c2ccccc21. The molecule has 21 heavy (non-hydrogen) atoms. The van der Waals surface area contributed by atoms with Crippen molar-refractivity contribution in [3.05, 3.63) is 59.7 Å². The van der Waals surface area contributed by atoms with Crippen LogP contribution in [0.3, 0.4) is 0 Å². The first-order valence-electron chi connectivity index (χ1n) is 7.10. The van der Waals surface area contributed by atoms with Crippen LogP contribution in [0, 0.1) is 0 Å². The van der Waals surface area contributed by atoms with Crippen LogP contribution in [-0.4, -0.2) is 25.8 Å². The summed E-state index contributed by atoms with van der Waals surface area (Å²) in [5.74, 6) is 0.169. The number of fused-ring (bicyclic) bond motifs is 3. The minimum Gasteiger partial charge on any atom is -0.448 e. The molecule has 0 heterocycles. The highest BCUT2D eigenvalue weighted by Gasteiger charge is 2.28. The van der Waals surface area contributed by atoms with Gasteiger partial charge in [0, 0.05) is 19.0 Å². The molecule has 0 fully saturated rings. The van der Waals surface area contributed by atoms with Crippen molar-refractivity contribution in [2.45, 2.75) is 5.92 Å². The van der Waals surface area contributed by atoms with Crippen LogP contribution in [0.5, 0.6) is 0 Å². The van der Waals surface area contributed by atoms with E-state index in [0.717, 1.165) is 0 Å². The molecule has 1 aliphatic carbocycles. The minimum absolute atomic E-state index is 0.169. The number of alkyl carbamates (subject to hydrolysis) is 1. The number of rotatable bonds is 4. The first kappa shape index (κ1) is 13.6. The number of carbonyl (C=O) groups excluding carboxylic acids is 1. The molecule has 0 atom stereocenters. The molecule has 0 saturated heterocycles. The second-order valence-corrected chi connectivity index (χ2v) is 5.03. The number of hydrogen-bond donors (Lipinski definition) is 2. The minimum atomic E-state index is -0.415. The second kappa shape index (κ2) is 5.97. The molecule has 3 rings (SSSR count). The monoisotopic (exact) mass is 282 g/mol. The van der Waals surface area contributed by atoms with Crippen LogP contribution in [0.2, 0.25) is 0 Å². The van der Waals surface area contributed by atoms with Crippen LogP contribution in [-0.2, 0) is 4.74 Å². The smallest absolute Gasteiger partial charge is 0.407 e. The Kier molecular flexibility index (Phi) is 3.88. The van der Waals surface area contributed by atoms with Crippen molar-refractivity contribution in [3.8, 4) is 11.1 Å². The molecule has 3 N–H and O–H groups in total. The summed E-state index contributed by atoms with van der Waals surface area (Å²) in [5, 5.41) is 2.82. The van der Waals surface area contributed by atoms with Crippen molar-refractivity contribution in [2.75, 3.05) is 19.7 Å². The molecular weight excluding hydrogens is 264 g/mol. The van der Waals surface area contributed by atoms with Crippen molar-refractivity contribution in [3.63, 3.8) is 0 Å². The van der Waals surface area contributed by atoms with Crippen molar-refractivity contribution in [1.29, 1.82) is 0 Å². The molecule has 4 heteroatoms. The summed E-state index contributed by atoms with van der Waals surface area (Å²) in [7, 11) is 0. The van der Waals surface area contributed by atoms with Crippen LogP contribution in [0.4, 0.5) is 4.79 Å². The van der Waals surface area contributed by atoms with E-state index >= 15 is 0 Å². The molecule has 0 aliphatic heterocycles. The molecule has 2 aromatic rings. The van der Waals surface area contributed by atoms with Gasteiger partial charge in [0.05, 0.1) is 0 Å². The lowest BCUT2D eigenvalue weighted by Crippen LogP contribution is -2.30. The quantitative estimate of drug-likeness (QED) is 0.905. The Balaban J connectivity index is 1.81. The Hall–Kier alpha value is -2.33. The molecule has 0 radical (unpaired) electrons. The van der Waals surface area contributed by atoms with Crippen LogP contribution < -0.4 is 11.1 Å². The first-order chi connectivity index (χ1) is 10.3. The molecule has 0 spiro atoms. The fourth-order valence-electron chi connectivity index (χ4n) is 2.87. The Morgan fingerprint density at radius 1 is 1.05 bits per heavy atom. The van der Waals surface area contributed by atoms with E-state index in [2.05, 4.69) is 29.6 Å². The highest BCUT2D eigenvalue weighted by Crippen LogP contribution is 2.43. The molecule has 0 unspecified atom stereocenters. The van der Waals surface area contributed by atoms with Crippen LogP contribution >= 0.6 is 0 Å². The van der Waals surface area contributed by atoms with Gasteiger partial charge in [0.25, 0.3) is 0 Å². The average Bonchev–Trinajstić information content (AvgIpc) is 2.85. The van der Waals surface area contributed by atoms with E-state index in [9.17, 15) is 4.79 Å². The molecule has 1 amide bonds. The summed E-state index contributed by atoms with van der Waals surface area (Å²) in [6.45, 7) is 1.10. The predicted molar refractivity (Wildman–Crippen MR) is 82.1 cm³/mol. The van der Waals surface area contributed by atoms with E-state index in [4.69, 9.17) is 10.5 Å². The molecule has 0 bridgehead atoms. The Morgan fingerprint density at radius 3 is 2.19 bits per heavy atom. The summed E-state index contributed by atoms with van der Waals surface area (Å²) in [6.07, 6.45) is -0.415. The molecule has 1 aliphatic rings. The van der Waals surface area contributed by atoms with E-state index in [1.165, 1.54) is 22.3 Å². The van der Waals surface area contributed by atoms with Crippen LogP contribution in [0.1, 0.15) is 17.0 Å². The average molecular weight is 282 g/mol. The van der Waals surface area contributed by atoms with Gasteiger partial charge in [-0.2, -0.15) is 0 Å². The zero-order valence-corrected chi connectivity index (χ0v) is 11.7. The summed E-state index contributed by atoms with van der Waals surface area (Å²) < 4.78 is 4.95. The largest absolute Gasteiger partial charge is 0.448 e. The third kappa shape index (κ3) is 2.62. The summed E-state index contributed by atoms with van der Waals surface area (Å²) in [4.78, 5) is 11.6. The maximum absolute atomic E-state index is 11.6. The Labute approximate surface area is 123 Å². The molecule has 4 nitrogen and oxygen atoms in total. The third-order valence-corrected chi connectivity index (χ3v) is 3.76. The molecule has 0 aromatic heterocycles. The number of ether oxygens (including phenoxy) is 1. The van der Waals surface area contributed by atoms with Gasteiger partial charge in [0.15, 0.2) is 0 Å². The fraction of sp³-hybridized carbons (Fsp3) is 0.235. The topological polar surface area (TPSA) is 64.3 Å². The van der Waals surface area contributed by atoms with Crippen molar-refractivity contribution in [1.82, 2.24) is 5.32 Å². The first-order valence-corrected chi connectivity index (χ1v) is 7.10. The van der Waals surface area contributed by atoms with E-state index in [0.29, 0.717) is 13.1 Å². The standard InChI is InChI=1S/C17H18N2O2/c18-9-10-21-17(20)19-11-16-14-7-3-1-5-12(14)13-6-2-4-8-15(13)16/h1-8,16H,9-11,18H2,(H,19,20). The Morgan fingerprint density at radius 2 is 1.62 bits per heavy atom. The van der Waals surface area contributed by atoms with Crippen LogP contribution in [0.15, 0.2) is 48.5 Å². The summed E-state index contributed by atoms with van der Waals surface area (Å²) in [6, 6.07) is 16.6. The molecule has 108 valence electrons.